The fourth-order valence-corrected chi connectivity index (χ4v) is 6.47. The summed E-state index contributed by atoms with van der Waals surface area (Å²) >= 11 is 0. The molecule has 2 saturated heterocycles. The highest BCUT2D eigenvalue weighted by molar-refractivity contribution is 5.90. The van der Waals surface area contributed by atoms with Gasteiger partial charge < -0.3 is 20.9 Å². The highest BCUT2D eigenvalue weighted by atomic mass is 19.1. The van der Waals surface area contributed by atoms with Gasteiger partial charge in [-0.2, -0.15) is 0 Å². The van der Waals surface area contributed by atoms with Crippen molar-refractivity contribution in [2.24, 2.45) is 11.3 Å². The van der Waals surface area contributed by atoms with Crippen molar-refractivity contribution in [3.8, 4) is 0 Å². The molecule has 1 aromatic rings. The fraction of sp³-hybridized carbons (Fsp3) is 0.710. The van der Waals surface area contributed by atoms with E-state index in [9.17, 15) is 18.8 Å². The maximum absolute atomic E-state index is 14.0. The van der Waals surface area contributed by atoms with Crippen LogP contribution in [0.25, 0.3) is 0 Å². The Morgan fingerprint density at radius 2 is 1.70 bits per heavy atom. The zero-order valence-electron chi connectivity index (χ0n) is 24.7. The molecule has 8 nitrogen and oxygen atoms in total. The van der Waals surface area contributed by atoms with Crippen LogP contribution < -0.4 is 16.0 Å². The number of benzene rings is 1. The minimum Gasteiger partial charge on any atom is -0.350 e. The number of carbonyl (C=O) groups is 3. The number of halogens is 1. The van der Waals surface area contributed by atoms with E-state index in [1.54, 1.807) is 12.1 Å². The van der Waals surface area contributed by atoms with Crippen molar-refractivity contribution in [2.75, 3.05) is 39.8 Å². The molecule has 2 aliphatic heterocycles. The summed E-state index contributed by atoms with van der Waals surface area (Å²) in [6, 6.07) is 5.00. The third-order valence-electron chi connectivity index (χ3n) is 9.18. The first-order chi connectivity index (χ1) is 19.0. The number of piperidine rings is 1. The monoisotopic (exact) mass is 557 g/mol. The van der Waals surface area contributed by atoms with Gasteiger partial charge in [-0.15, -0.1) is 0 Å². The van der Waals surface area contributed by atoms with Gasteiger partial charge >= 0.3 is 0 Å². The van der Waals surface area contributed by atoms with E-state index in [0.29, 0.717) is 44.8 Å². The molecular formula is C31H48FN5O3. The molecule has 222 valence electrons. The number of carbonyl (C=O) groups excluding carboxylic acids is 3. The van der Waals surface area contributed by atoms with Crippen molar-refractivity contribution in [3.05, 3.63) is 35.6 Å². The minimum absolute atomic E-state index is 0.0597. The van der Waals surface area contributed by atoms with Crippen LogP contribution in [0, 0.1) is 17.2 Å². The summed E-state index contributed by atoms with van der Waals surface area (Å²) < 4.78 is 13.6. The summed E-state index contributed by atoms with van der Waals surface area (Å²) in [5.41, 5.74) is -0.00483. The smallest absolute Gasteiger partial charge is 0.245 e. The zero-order chi connectivity index (χ0) is 28.9. The van der Waals surface area contributed by atoms with Gasteiger partial charge in [0.1, 0.15) is 17.9 Å². The molecule has 3 aliphatic rings. The van der Waals surface area contributed by atoms with E-state index in [2.05, 4.69) is 16.0 Å². The summed E-state index contributed by atoms with van der Waals surface area (Å²) in [5, 5.41) is 9.76. The molecule has 2 atom stereocenters. The van der Waals surface area contributed by atoms with Crippen molar-refractivity contribution < 1.29 is 18.8 Å². The van der Waals surface area contributed by atoms with E-state index < -0.39 is 11.5 Å². The van der Waals surface area contributed by atoms with Gasteiger partial charge in [-0.25, -0.2) is 4.39 Å². The highest BCUT2D eigenvalue weighted by Gasteiger charge is 2.45. The van der Waals surface area contributed by atoms with Crippen LogP contribution in [0.4, 0.5) is 4.39 Å². The first-order valence-electron chi connectivity index (χ1n) is 15.1. The molecular weight excluding hydrogens is 509 g/mol. The van der Waals surface area contributed by atoms with Crippen molar-refractivity contribution in [1.82, 2.24) is 25.8 Å². The highest BCUT2D eigenvalue weighted by Crippen LogP contribution is 2.40. The predicted molar refractivity (Wildman–Crippen MR) is 154 cm³/mol. The van der Waals surface area contributed by atoms with Crippen molar-refractivity contribution >= 4 is 17.7 Å². The third-order valence-corrected chi connectivity index (χ3v) is 9.18. The number of likely N-dealkylation sites (tertiary alicyclic amines) is 1. The Balaban J connectivity index is 1.50. The average molecular weight is 558 g/mol. The number of amides is 3. The lowest BCUT2D eigenvalue weighted by molar-refractivity contribution is -0.140. The molecule has 0 bridgehead atoms. The predicted octanol–water partition coefficient (Wildman–Crippen LogP) is 2.86. The van der Waals surface area contributed by atoms with Crippen molar-refractivity contribution in [3.63, 3.8) is 0 Å². The lowest BCUT2D eigenvalue weighted by Crippen LogP contribution is -2.64. The maximum atomic E-state index is 14.0. The number of rotatable bonds is 7. The van der Waals surface area contributed by atoms with Gasteiger partial charge in [0.05, 0.1) is 0 Å². The lowest BCUT2D eigenvalue weighted by atomic mass is 9.69. The average Bonchev–Trinajstić information content (AvgIpc) is 2.94. The summed E-state index contributed by atoms with van der Waals surface area (Å²) in [5.74, 6) is -0.166. The first-order valence-corrected chi connectivity index (χ1v) is 15.1. The molecule has 1 aromatic carbocycles. The van der Waals surface area contributed by atoms with Crippen LogP contribution in [0.15, 0.2) is 24.3 Å². The molecule has 3 N–H and O–H groups in total. The van der Waals surface area contributed by atoms with Gasteiger partial charge in [0, 0.05) is 50.1 Å². The summed E-state index contributed by atoms with van der Waals surface area (Å²) in [6.45, 7) is 8.99. The third kappa shape index (κ3) is 7.40. The van der Waals surface area contributed by atoms with Gasteiger partial charge in [0.25, 0.3) is 0 Å². The van der Waals surface area contributed by atoms with E-state index in [1.165, 1.54) is 31.4 Å². The van der Waals surface area contributed by atoms with Crippen LogP contribution in [0.5, 0.6) is 0 Å². The van der Waals surface area contributed by atoms with E-state index in [4.69, 9.17) is 0 Å². The quantitative estimate of drug-likeness (QED) is 0.480. The number of piperazine rings is 1. The number of hydrogen-bond acceptors (Lipinski definition) is 5. The standard InChI is InChI=1S/C31H48FN5O3/c1-30(2,3)29(40)35-31(23-8-6-5-7-9-23)14-17-37(18-15-31)28(39)25(20-22-10-12-24(32)13-11-22)34-27(38)26-21-33-16-19-36(26)4/h10-13,23,25-26,33H,5-9,14-21H2,1-4H3,(H,34,38)(H,35,40)/t25-,26-/m1/s1. The molecule has 3 amide bonds. The van der Waals surface area contributed by atoms with Gasteiger partial charge in [0.15, 0.2) is 0 Å². The molecule has 4 rings (SSSR count). The maximum Gasteiger partial charge on any atom is 0.245 e. The number of hydrogen-bond donors (Lipinski definition) is 3. The van der Waals surface area contributed by atoms with Crippen LogP contribution in [0.1, 0.15) is 71.3 Å². The second kappa shape index (κ2) is 13.0. The first kappa shape index (κ1) is 30.4. The zero-order valence-corrected chi connectivity index (χ0v) is 24.7. The topological polar surface area (TPSA) is 93.8 Å². The van der Waals surface area contributed by atoms with Crippen LogP contribution in [-0.4, -0.2) is 84.9 Å². The Hall–Kier alpha value is -2.52. The van der Waals surface area contributed by atoms with Crippen LogP contribution in [0.2, 0.25) is 0 Å². The van der Waals surface area contributed by atoms with Gasteiger partial charge in [0.2, 0.25) is 17.7 Å². The fourth-order valence-electron chi connectivity index (χ4n) is 6.47. The molecule has 0 radical (unpaired) electrons. The van der Waals surface area contributed by atoms with Crippen LogP contribution >= 0.6 is 0 Å². The minimum atomic E-state index is -0.750. The Kier molecular flexibility index (Phi) is 9.88. The van der Waals surface area contributed by atoms with E-state index in [-0.39, 0.29) is 35.1 Å². The summed E-state index contributed by atoms with van der Waals surface area (Å²) in [7, 11) is 1.92. The molecule has 1 saturated carbocycles. The second-order valence-electron chi connectivity index (χ2n) is 13.1. The van der Waals surface area contributed by atoms with E-state index >= 15 is 0 Å². The van der Waals surface area contributed by atoms with E-state index in [1.807, 2.05) is 37.6 Å². The van der Waals surface area contributed by atoms with Gasteiger partial charge in [-0.1, -0.05) is 52.2 Å². The normalized spacial score (nSPS) is 23.3. The van der Waals surface area contributed by atoms with E-state index in [0.717, 1.165) is 31.5 Å². The van der Waals surface area contributed by atoms with Crippen molar-refractivity contribution in [2.45, 2.75) is 89.8 Å². The van der Waals surface area contributed by atoms with Crippen LogP contribution in [0.3, 0.4) is 0 Å². The number of likely N-dealkylation sites (N-methyl/N-ethyl adjacent to an activating group) is 1. The molecule has 0 unspecified atom stereocenters. The van der Waals surface area contributed by atoms with Gasteiger partial charge in [-0.3, -0.25) is 19.3 Å². The Labute approximate surface area is 238 Å². The Morgan fingerprint density at radius 3 is 2.30 bits per heavy atom. The second-order valence-corrected chi connectivity index (χ2v) is 13.1. The molecule has 0 aromatic heterocycles. The summed E-state index contributed by atoms with van der Waals surface area (Å²) in [4.78, 5) is 44.3. The number of nitrogens with zero attached hydrogens (tertiary/aromatic N) is 2. The molecule has 0 spiro atoms. The van der Waals surface area contributed by atoms with Crippen LogP contribution in [-0.2, 0) is 20.8 Å². The molecule has 1 aliphatic carbocycles. The lowest BCUT2D eigenvalue weighted by Gasteiger charge is -2.49. The molecule has 2 heterocycles. The van der Waals surface area contributed by atoms with Crippen molar-refractivity contribution in [1.29, 1.82) is 0 Å². The number of nitrogens with one attached hydrogen (secondary N) is 3. The largest absolute Gasteiger partial charge is 0.350 e. The summed E-state index contributed by atoms with van der Waals surface area (Å²) in [6.07, 6.45) is 7.50. The Morgan fingerprint density at radius 1 is 1.05 bits per heavy atom. The molecule has 9 heteroatoms. The van der Waals surface area contributed by atoms with Gasteiger partial charge in [-0.05, 0) is 56.3 Å². The molecule has 3 fully saturated rings. The SMILES string of the molecule is CN1CCNC[C@@H]1C(=O)N[C@H](Cc1ccc(F)cc1)C(=O)N1CCC(NC(=O)C(C)(C)C)(C2CCCCC2)CC1. The Bertz CT molecular complexity index is 1030. The molecule has 40 heavy (non-hydrogen) atoms.